The van der Waals surface area contributed by atoms with Crippen molar-refractivity contribution in [3.05, 3.63) is 95.3 Å². The first kappa shape index (κ1) is 21.0. The third-order valence-electron chi connectivity index (χ3n) is 4.29. The predicted molar refractivity (Wildman–Crippen MR) is 118 cm³/mol. The molecule has 0 radical (unpaired) electrons. The van der Waals surface area contributed by atoms with Crippen molar-refractivity contribution in [2.45, 2.75) is 0 Å². The van der Waals surface area contributed by atoms with Crippen LogP contribution in [0.1, 0.15) is 26.4 Å². The average Bonchev–Trinajstić information content (AvgIpc) is 3.34. The van der Waals surface area contributed by atoms with Crippen LogP contribution in [0.5, 0.6) is 0 Å². The number of aromatic nitrogens is 3. The minimum Gasteiger partial charge on any atom is -0.451 e. The lowest BCUT2D eigenvalue weighted by Crippen LogP contribution is -2.22. The van der Waals surface area contributed by atoms with E-state index in [2.05, 4.69) is 20.3 Å². The molecule has 0 aliphatic rings. The van der Waals surface area contributed by atoms with E-state index >= 15 is 0 Å². The fourth-order valence-corrected chi connectivity index (χ4v) is 3.54. The van der Waals surface area contributed by atoms with Crippen LogP contribution in [-0.2, 0) is 9.53 Å². The van der Waals surface area contributed by atoms with E-state index in [-0.39, 0.29) is 11.5 Å². The zero-order chi connectivity index (χ0) is 22.3. The maximum Gasteiger partial charge on any atom is 0.358 e. The van der Waals surface area contributed by atoms with Crippen LogP contribution >= 0.6 is 11.3 Å². The van der Waals surface area contributed by atoms with E-state index in [1.165, 1.54) is 16.7 Å². The van der Waals surface area contributed by atoms with Crippen molar-refractivity contribution in [2.24, 2.45) is 0 Å². The number of thiazole rings is 1. The summed E-state index contributed by atoms with van der Waals surface area (Å²) >= 11 is 1.20. The van der Waals surface area contributed by atoms with Crippen LogP contribution < -0.4 is 5.32 Å². The van der Waals surface area contributed by atoms with Gasteiger partial charge in [0.1, 0.15) is 0 Å². The first-order chi connectivity index (χ1) is 15.6. The second-order valence-corrected chi connectivity index (χ2v) is 7.33. The van der Waals surface area contributed by atoms with E-state index in [4.69, 9.17) is 4.74 Å². The van der Waals surface area contributed by atoms with Gasteiger partial charge in [-0.3, -0.25) is 9.59 Å². The van der Waals surface area contributed by atoms with Crippen molar-refractivity contribution in [2.75, 3.05) is 11.9 Å². The van der Waals surface area contributed by atoms with Crippen molar-refractivity contribution in [3.8, 4) is 10.8 Å². The van der Waals surface area contributed by atoms with Crippen molar-refractivity contribution in [3.63, 3.8) is 0 Å². The summed E-state index contributed by atoms with van der Waals surface area (Å²) in [6.07, 6.45) is 3.15. The predicted octanol–water partition coefficient (Wildman–Crippen LogP) is 3.63. The molecule has 2 aromatic carbocycles. The van der Waals surface area contributed by atoms with Gasteiger partial charge in [-0.25, -0.2) is 19.7 Å². The average molecular weight is 444 g/mol. The molecule has 2 heterocycles. The molecule has 32 heavy (non-hydrogen) atoms. The molecule has 1 N–H and O–H groups in total. The molecule has 2 aromatic heterocycles. The summed E-state index contributed by atoms with van der Waals surface area (Å²) in [6.45, 7) is -0.526. The molecule has 4 aromatic rings. The van der Waals surface area contributed by atoms with Crippen LogP contribution in [0, 0.1) is 0 Å². The quantitative estimate of drug-likeness (QED) is 0.342. The van der Waals surface area contributed by atoms with Gasteiger partial charge in [0.25, 0.3) is 5.91 Å². The molecular weight excluding hydrogens is 428 g/mol. The smallest absolute Gasteiger partial charge is 0.358 e. The number of anilines is 1. The summed E-state index contributed by atoms with van der Waals surface area (Å²) in [6, 6.07) is 17.1. The minimum absolute atomic E-state index is 0.0601. The summed E-state index contributed by atoms with van der Waals surface area (Å²) in [5, 5.41) is 4.61. The van der Waals surface area contributed by atoms with Gasteiger partial charge in [-0.2, -0.15) is 0 Å². The Balaban J connectivity index is 1.38. The van der Waals surface area contributed by atoms with Gasteiger partial charge < -0.3 is 10.1 Å². The number of benzene rings is 2. The monoisotopic (exact) mass is 444 g/mol. The van der Waals surface area contributed by atoms with Crippen LogP contribution in [0.15, 0.2) is 78.4 Å². The summed E-state index contributed by atoms with van der Waals surface area (Å²) in [5.41, 5.74) is 1.23. The lowest BCUT2D eigenvalue weighted by atomic mass is 10.0. The van der Waals surface area contributed by atoms with Gasteiger partial charge in [-0.1, -0.05) is 42.5 Å². The van der Waals surface area contributed by atoms with E-state index in [1.807, 2.05) is 6.07 Å². The maximum atomic E-state index is 12.8. The lowest BCUT2D eigenvalue weighted by molar-refractivity contribution is -0.119. The highest BCUT2D eigenvalue weighted by atomic mass is 32.1. The third-order valence-corrected chi connectivity index (χ3v) is 5.12. The molecule has 0 unspecified atom stereocenters. The van der Waals surface area contributed by atoms with Crippen molar-refractivity contribution >= 4 is 34.7 Å². The van der Waals surface area contributed by atoms with Gasteiger partial charge in [0, 0.05) is 28.9 Å². The van der Waals surface area contributed by atoms with Crippen LogP contribution in [0.2, 0.25) is 0 Å². The van der Waals surface area contributed by atoms with E-state index in [0.29, 0.717) is 27.6 Å². The Labute approximate surface area is 187 Å². The molecule has 1 amide bonds. The fourth-order valence-electron chi connectivity index (χ4n) is 2.81. The molecular formula is C23H16N4O4S. The second-order valence-electron chi connectivity index (χ2n) is 6.48. The Morgan fingerprint density at radius 3 is 2.41 bits per heavy atom. The molecule has 0 spiro atoms. The number of hydrogen-bond donors (Lipinski definition) is 1. The Hall–Kier alpha value is -4.24. The number of ether oxygens (including phenoxy) is 1. The SMILES string of the molecule is O=C(COC(=O)c1csc(-c2ncccn2)n1)Nc1ccccc1C(=O)c1ccccc1. The molecule has 0 atom stereocenters. The number of hydrogen-bond acceptors (Lipinski definition) is 8. The minimum atomic E-state index is -0.743. The molecule has 0 saturated carbocycles. The summed E-state index contributed by atoms with van der Waals surface area (Å²) in [7, 11) is 0. The van der Waals surface area contributed by atoms with Gasteiger partial charge in [-0.05, 0) is 18.2 Å². The highest BCUT2D eigenvalue weighted by Crippen LogP contribution is 2.21. The van der Waals surface area contributed by atoms with Crippen molar-refractivity contribution in [1.29, 1.82) is 0 Å². The first-order valence-corrected chi connectivity index (χ1v) is 10.4. The second kappa shape index (κ2) is 9.71. The van der Waals surface area contributed by atoms with E-state index in [1.54, 1.807) is 67.0 Å². The highest BCUT2D eigenvalue weighted by Gasteiger charge is 2.18. The largest absolute Gasteiger partial charge is 0.451 e. The van der Waals surface area contributed by atoms with Gasteiger partial charge in [-0.15, -0.1) is 11.3 Å². The molecule has 0 bridgehead atoms. The van der Waals surface area contributed by atoms with Crippen LogP contribution in [0.4, 0.5) is 5.69 Å². The number of rotatable bonds is 7. The molecule has 4 rings (SSSR count). The molecule has 158 valence electrons. The zero-order valence-corrected chi connectivity index (χ0v) is 17.4. The van der Waals surface area contributed by atoms with Crippen molar-refractivity contribution < 1.29 is 19.1 Å². The molecule has 0 saturated heterocycles. The van der Waals surface area contributed by atoms with E-state index < -0.39 is 18.5 Å². The number of ketones is 1. The van der Waals surface area contributed by atoms with Crippen LogP contribution in [-0.4, -0.2) is 39.2 Å². The number of amides is 1. The molecule has 8 nitrogen and oxygen atoms in total. The van der Waals surface area contributed by atoms with Crippen molar-refractivity contribution in [1.82, 2.24) is 15.0 Å². The van der Waals surface area contributed by atoms with Crippen LogP contribution in [0.3, 0.4) is 0 Å². The topological polar surface area (TPSA) is 111 Å². The first-order valence-electron chi connectivity index (χ1n) is 9.50. The van der Waals surface area contributed by atoms with Gasteiger partial charge >= 0.3 is 5.97 Å². The van der Waals surface area contributed by atoms with Gasteiger partial charge in [0.05, 0.1) is 5.69 Å². The summed E-state index contributed by atoms with van der Waals surface area (Å²) < 4.78 is 5.06. The molecule has 9 heteroatoms. The highest BCUT2D eigenvalue weighted by molar-refractivity contribution is 7.13. The number of carbonyl (C=O) groups is 3. The number of nitrogens with zero attached hydrogens (tertiary/aromatic N) is 3. The fraction of sp³-hybridized carbons (Fsp3) is 0.0435. The van der Waals surface area contributed by atoms with Crippen LogP contribution in [0.25, 0.3) is 10.8 Å². The zero-order valence-electron chi connectivity index (χ0n) is 16.6. The molecule has 0 fully saturated rings. The van der Waals surface area contributed by atoms with E-state index in [0.717, 1.165) is 0 Å². The Bertz CT molecular complexity index is 1260. The number of carbonyl (C=O) groups excluding carboxylic acids is 3. The van der Waals surface area contributed by atoms with Gasteiger partial charge in [0.2, 0.25) is 0 Å². The summed E-state index contributed by atoms with van der Waals surface area (Å²) in [4.78, 5) is 49.7. The normalized spacial score (nSPS) is 10.4. The number of nitrogens with one attached hydrogen (secondary N) is 1. The van der Waals surface area contributed by atoms with Gasteiger partial charge in [0.15, 0.2) is 28.9 Å². The maximum absolute atomic E-state index is 12.8. The lowest BCUT2D eigenvalue weighted by Gasteiger charge is -2.10. The Kier molecular flexibility index (Phi) is 6.38. The molecule has 0 aliphatic carbocycles. The van der Waals surface area contributed by atoms with E-state index in [9.17, 15) is 14.4 Å². The third kappa shape index (κ3) is 4.90. The molecule has 0 aliphatic heterocycles. The standard InChI is InChI=1S/C23H16N4O4S/c28-19(13-31-23(30)18-14-32-22(27-18)21-24-11-6-12-25-21)26-17-10-5-4-9-16(17)20(29)15-7-2-1-3-8-15/h1-12,14H,13H2,(H,26,28). The Morgan fingerprint density at radius 2 is 1.62 bits per heavy atom. The Morgan fingerprint density at radius 1 is 0.906 bits per heavy atom. The summed E-state index contributed by atoms with van der Waals surface area (Å²) in [5.74, 6) is -1.15. The number of esters is 1. The number of para-hydroxylation sites is 1.